The molecule has 0 radical (unpaired) electrons. The molecule has 144 valence electrons. The molecule has 6 nitrogen and oxygen atoms in total. The number of hydrogen-bond acceptors (Lipinski definition) is 3. The molecule has 1 saturated heterocycles. The van der Waals surface area contributed by atoms with E-state index >= 15 is 0 Å². The molecule has 1 aliphatic rings. The Hall–Kier alpha value is -2.86. The Balaban J connectivity index is 1.49. The van der Waals surface area contributed by atoms with Crippen LogP contribution in [0.15, 0.2) is 42.5 Å². The van der Waals surface area contributed by atoms with Crippen LogP contribution in [0.1, 0.15) is 29.0 Å². The molecule has 1 fully saturated rings. The van der Waals surface area contributed by atoms with Gasteiger partial charge in [-0.05, 0) is 48.9 Å². The predicted molar refractivity (Wildman–Crippen MR) is 110 cm³/mol. The second kappa shape index (κ2) is 7.64. The summed E-state index contributed by atoms with van der Waals surface area (Å²) in [6, 6.07) is 12.4. The topological polar surface area (TPSA) is 67.2 Å². The summed E-state index contributed by atoms with van der Waals surface area (Å²) in [5.41, 5.74) is 3.04. The second-order valence-electron chi connectivity index (χ2n) is 6.99. The van der Waals surface area contributed by atoms with Gasteiger partial charge in [-0.3, -0.25) is 9.59 Å². The number of nitrogens with zero attached hydrogens (tertiary/aromatic N) is 3. The van der Waals surface area contributed by atoms with E-state index in [1.54, 1.807) is 24.3 Å². The predicted octanol–water partition coefficient (Wildman–Crippen LogP) is 3.64. The lowest BCUT2D eigenvalue weighted by atomic mass is 10.2. The number of halogens is 1. The minimum atomic E-state index is -0.195. The number of imidazole rings is 1. The molecule has 7 heteroatoms. The lowest BCUT2D eigenvalue weighted by Gasteiger charge is -2.14. The van der Waals surface area contributed by atoms with Crippen molar-refractivity contribution in [3.8, 4) is 0 Å². The van der Waals surface area contributed by atoms with Gasteiger partial charge in [-0.1, -0.05) is 11.6 Å². The van der Waals surface area contributed by atoms with Gasteiger partial charge in [0, 0.05) is 49.3 Å². The molecule has 0 spiro atoms. The molecule has 3 aromatic rings. The minimum Gasteiger partial charge on any atom is -0.342 e. The first-order valence-electron chi connectivity index (χ1n) is 9.31. The number of aryl methyl sites for hydroxylation is 1. The summed E-state index contributed by atoms with van der Waals surface area (Å²) < 4.78 is 2.04. The molecule has 1 aromatic heterocycles. The van der Waals surface area contributed by atoms with Gasteiger partial charge >= 0.3 is 0 Å². The molecule has 1 aliphatic heterocycles. The van der Waals surface area contributed by atoms with Crippen molar-refractivity contribution < 1.29 is 9.59 Å². The third-order valence-corrected chi connectivity index (χ3v) is 5.37. The zero-order chi connectivity index (χ0) is 19.7. The fraction of sp³-hybridized carbons (Fsp3) is 0.286. The molecule has 4 rings (SSSR count). The van der Waals surface area contributed by atoms with Crippen LogP contribution in [-0.4, -0.2) is 39.4 Å². The highest BCUT2D eigenvalue weighted by Gasteiger charge is 2.20. The van der Waals surface area contributed by atoms with Gasteiger partial charge in [0.05, 0.1) is 11.0 Å². The molecule has 0 atom stereocenters. The SMILES string of the molecule is Cn1c(CCN2CCCC2=O)nc2cc(NC(=O)c3ccc(Cl)cc3)ccc21. The van der Waals surface area contributed by atoms with Gasteiger partial charge in [-0.2, -0.15) is 0 Å². The first-order valence-corrected chi connectivity index (χ1v) is 9.69. The highest BCUT2D eigenvalue weighted by atomic mass is 35.5. The number of nitrogens with one attached hydrogen (secondary N) is 1. The fourth-order valence-corrected chi connectivity index (χ4v) is 3.66. The number of hydrogen-bond donors (Lipinski definition) is 1. The van der Waals surface area contributed by atoms with Crippen LogP contribution in [0.4, 0.5) is 5.69 Å². The molecule has 0 bridgehead atoms. The molecule has 0 unspecified atom stereocenters. The molecule has 1 N–H and O–H groups in total. The van der Waals surface area contributed by atoms with Crippen molar-refractivity contribution in [1.82, 2.24) is 14.5 Å². The number of carbonyl (C=O) groups is 2. The summed E-state index contributed by atoms with van der Waals surface area (Å²) >= 11 is 5.87. The molecule has 0 aliphatic carbocycles. The summed E-state index contributed by atoms with van der Waals surface area (Å²) in [6.07, 6.45) is 2.31. The summed E-state index contributed by atoms with van der Waals surface area (Å²) in [6.45, 7) is 1.53. The van der Waals surface area contributed by atoms with Crippen molar-refractivity contribution in [3.63, 3.8) is 0 Å². The van der Waals surface area contributed by atoms with Crippen LogP contribution in [0, 0.1) is 0 Å². The standard InChI is InChI=1S/C21H21ClN4O2/c1-25-18-9-8-16(23-21(28)14-4-6-15(22)7-5-14)13-17(18)24-19(25)10-12-26-11-2-3-20(26)27/h4-9,13H,2-3,10-12H2,1H3,(H,23,28). The van der Waals surface area contributed by atoms with Crippen molar-refractivity contribution >= 4 is 40.1 Å². The average molecular weight is 397 g/mol. The van der Waals surface area contributed by atoms with Gasteiger partial charge < -0.3 is 14.8 Å². The molecule has 28 heavy (non-hydrogen) atoms. The summed E-state index contributed by atoms with van der Waals surface area (Å²) in [5.74, 6) is 0.960. The van der Waals surface area contributed by atoms with Crippen LogP contribution in [0.25, 0.3) is 11.0 Å². The smallest absolute Gasteiger partial charge is 0.255 e. The monoisotopic (exact) mass is 396 g/mol. The van der Waals surface area contributed by atoms with E-state index in [-0.39, 0.29) is 11.8 Å². The van der Waals surface area contributed by atoms with E-state index in [1.165, 1.54) is 0 Å². The second-order valence-corrected chi connectivity index (χ2v) is 7.42. The van der Waals surface area contributed by atoms with Crippen LogP contribution in [-0.2, 0) is 18.3 Å². The highest BCUT2D eigenvalue weighted by molar-refractivity contribution is 6.30. The maximum absolute atomic E-state index is 12.4. The number of rotatable bonds is 5. The van der Waals surface area contributed by atoms with E-state index in [1.807, 2.05) is 34.7 Å². The quantitative estimate of drug-likeness (QED) is 0.715. The molecule has 2 amide bonds. The molecular weight excluding hydrogens is 376 g/mol. The van der Waals surface area contributed by atoms with Crippen molar-refractivity contribution in [2.24, 2.45) is 7.05 Å². The van der Waals surface area contributed by atoms with Crippen LogP contribution >= 0.6 is 11.6 Å². The zero-order valence-electron chi connectivity index (χ0n) is 15.6. The van der Waals surface area contributed by atoms with E-state index in [4.69, 9.17) is 16.6 Å². The van der Waals surface area contributed by atoms with Gasteiger partial charge in [-0.25, -0.2) is 4.98 Å². The molecule has 2 heterocycles. The van der Waals surface area contributed by atoms with Crippen molar-refractivity contribution in [2.45, 2.75) is 19.3 Å². The summed E-state index contributed by atoms with van der Waals surface area (Å²) in [4.78, 5) is 30.8. The Morgan fingerprint density at radius 1 is 1.21 bits per heavy atom. The van der Waals surface area contributed by atoms with Crippen LogP contribution in [0.5, 0.6) is 0 Å². The Bertz CT molecular complexity index is 1040. The van der Waals surface area contributed by atoms with Crippen molar-refractivity contribution in [3.05, 3.63) is 58.9 Å². The van der Waals surface area contributed by atoms with Gasteiger partial charge in [0.25, 0.3) is 5.91 Å². The maximum atomic E-state index is 12.4. The Labute approximate surface area is 168 Å². The minimum absolute atomic E-state index is 0.195. The van der Waals surface area contributed by atoms with Gasteiger partial charge in [0.15, 0.2) is 0 Å². The molecular formula is C21H21ClN4O2. The first kappa shape index (κ1) is 18.5. The lowest BCUT2D eigenvalue weighted by Crippen LogP contribution is -2.27. The van der Waals surface area contributed by atoms with Crippen LogP contribution in [0.3, 0.4) is 0 Å². The zero-order valence-corrected chi connectivity index (χ0v) is 16.4. The van der Waals surface area contributed by atoms with E-state index in [9.17, 15) is 9.59 Å². The fourth-order valence-electron chi connectivity index (χ4n) is 3.53. The normalized spacial score (nSPS) is 14.1. The Morgan fingerprint density at radius 2 is 2.00 bits per heavy atom. The molecule has 2 aromatic carbocycles. The first-order chi connectivity index (χ1) is 13.5. The van der Waals surface area contributed by atoms with Crippen molar-refractivity contribution in [2.75, 3.05) is 18.4 Å². The van der Waals surface area contributed by atoms with Gasteiger partial charge in [0.2, 0.25) is 5.91 Å². The number of likely N-dealkylation sites (tertiary alicyclic amines) is 1. The number of aromatic nitrogens is 2. The third-order valence-electron chi connectivity index (χ3n) is 5.11. The third kappa shape index (κ3) is 3.73. The van der Waals surface area contributed by atoms with Gasteiger partial charge in [0.1, 0.15) is 5.82 Å². The van der Waals surface area contributed by atoms with E-state index < -0.39 is 0 Å². The molecule has 0 saturated carbocycles. The van der Waals surface area contributed by atoms with Gasteiger partial charge in [-0.15, -0.1) is 0 Å². The number of fused-ring (bicyclic) bond motifs is 1. The maximum Gasteiger partial charge on any atom is 0.255 e. The number of carbonyl (C=O) groups excluding carboxylic acids is 2. The Morgan fingerprint density at radius 3 is 2.71 bits per heavy atom. The van der Waals surface area contributed by atoms with Crippen LogP contribution in [0.2, 0.25) is 5.02 Å². The highest BCUT2D eigenvalue weighted by Crippen LogP contribution is 2.21. The number of amides is 2. The van der Waals surface area contributed by atoms with Crippen LogP contribution < -0.4 is 5.32 Å². The number of anilines is 1. The largest absolute Gasteiger partial charge is 0.342 e. The van der Waals surface area contributed by atoms with Crippen molar-refractivity contribution in [1.29, 1.82) is 0 Å². The number of benzene rings is 2. The van der Waals surface area contributed by atoms with E-state index in [0.717, 1.165) is 29.8 Å². The lowest BCUT2D eigenvalue weighted by molar-refractivity contribution is -0.127. The summed E-state index contributed by atoms with van der Waals surface area (Å²) in [5, 5.41) is 3.49. The summed E-state index contributed by atoms with van der Waals surface area (Å²) in [7, 11) is 1.97. The van der Waals surface area contributed by atoms with E-state index in [2.05, 4.69) is 5.32 Å². The Kier molecular flexibility index (Phi) is 5.05. The average Bonchev–Trinajstić information content (AvgIpc) is 3.23. The van der Waals surface area contributed by atoms with E-state index in [0.29, 0.717) is 35.7 Å².